The van der Waals surface area contributed by atoms with Crippen molar-refractivity contribution in [1.82, 2.24) is 19.4 Å². The van der Waals surface area contributed by atoms with Crippen LogP contribution in [0, 0.1) is 0 Å². The summed E-state index contributed by atoms with van der Waals surface area (Å²) in [5.41, 5.74) is 2.15. The molecule has 3 aromatic heterocycles. The molecule has 0 unspecified atom stereocenters. The molecule has 19 heavy (non-hydrogen) atoms. The second-order valence-electron chi connectivity index (χ2n) is 3.74. The maximum absolute atomic E-state index is 6.14. The molecular weight excluding hydrogens is 330 g/mol. The second-order valence-corrected chi connectivity index (χ2v) is 5.07. The second kappa shape index (κ2) is 4.71. The van der Waals surface area contributed by atoms with Crippen LogP contribution in [0.25, 0.3) is 17.0 Å². The first-order valence-electron chi connectivity index (χ1n) is 5.31. The average molecular weight is 337 g/mol. The van der Waals surface area contributed by atoms with Gasteiger partial charge >= 0.3 is 0 Å². The van der Waals surface area contributed by atoms with Gasteiger partial charge in [0, 0.05) is 10.7 Å². The average Bonchev–Trinajstić information content (AvgIpc) is 2.82. The zero-order valence-corrected chi connectivity index (χ0v) is 11.9. The van der Waals surface area contributed by atoms with Crippen molar-refractivity contribution in [3.05, 3.63) is 40.2 Å². The molecule has 0 saturated heterocycles. The van der Waals surface area contributed by atoms with Crippen LogP contribution in [0.15, 0.2) is 40.2 Å². The molecule has 0 spiro atoms. The lowest BCUT2D eigenvalue weighted by molar-refractivity contribution is 1.11. The Morgan fingerprint density at radius 3 is 2.89 bits per heavy atom. The van der Waals surface area contributed by atoms with Crippen LogP contribution >= 0.6 is 27.5 Å². The fraction of sp³-hybridized carbons (Fsp3) is 0. The first kappa shape index (κ1) is 12.3. The highest BCUT2D eigenvalue weighted by molar-refractivity contribution is 9.10. The minimum Gasteiger partial charge on any atom is -0.297 e. The molecule has 0 aromatic carbocycles. The van der Waals surface area contributed by atoms with E-state index in [4.69, 9.17) is 11.6 Å². The summed E-state index contributed by atoms with van der Waals surface area (Å²) in [6.45, 7) is 3.41. The van der Waals surface area contributed by atoms with Gasteiger partial charge in [-0.15, -0.1) is 0 Å². The Morgan fingerprint density at radius 2 is 2.11 bits per heavy atom. The lowest BCUT2D eigenvalue weighted by Gasteiger charge is -2.04. The standard InChI is InChI=1S/C12H7BrClN5/c1-15-12-17-4-8(14)11(18-12)9-5-16-10-3-2-7(13)6-19(9)10/h2-6H,1H2. The molecule has 0 aliphatic heterocycles. The predicted octanol–water partition coefficient (Wildman–Crippen LogP) is 3.54. The molecule has 0 bridgehead atoms. The lowest BCUT2D eigenvalue weighted by atomic mass is 10.3. The number of fused-ring (bicyclic) bond motifs is 1. The predicted molar refractivity (Wildman–Crippen MR) is 78.1 cm³/mol. The molecule has 3 aromatic rings. The summed E-state index contributed by atoms with van der Waals surface area (Å²) in [6.07, 6.45) is 5.12. The monoisotopic (exact) mass is 335 g/mol. The number of pyridine rings is 1. The minimum atomic E-state index is 0.282. The molecule has 7 heteroatoms. The topological polar surface area (TPSA) is 55.4 Å². The van der Waals surface area contributed by atoms with E-state index >= 15 is 0 Å². The van der Waals surface area contributed by atoms with E-state index in [9.17, 15) is 0 Å². The molecule has 5 nitrogen and oxygen atoms in total. The van der Waals surface area contributed by atoms with Gasteiger partial charge in [0.2, 0.25) is 5.95 Å². The SMILES string of the molecule is C=Nc1ncc(Cl)c(-c2cnc3ccc(Br)cn23)n1. The van der Waals surface area contributed by atoms with Gasteiger partial charge in [-0.25, -0.2) is 19.9 Å². The number of nitrogens with zero attached hydrogens (tertiary/aromatic N) is 5. The Bertz CT molecular complexity index is 783. The van der Waals surface area contributed by atoms with E-state index in [1.165, 1.54) is 6.20 Å². The first-order valence-corrected chi connectivity index (χ1v) is 6.48. The largest absolute Gasteiger partial charge is 0.297 e. The van der Waals surface area contributed by atoms with Crippen LogP contribution in [-0.2, 0) is 0 Å². The van der Waals surface area contributed by atoms with E-state index in [0.29, 0.717) is 10.7 Å². The van der Waals surface area contributed by atoms with Gasteiger partial charge in [0.05, 0.1) is 23.1 Å². The van der Waals surface area contributed by atoms with Gasteiger partial charge < -0.3 is 0 Å². The van der Waals surface area contributed by atoms with Crippen LogP contribution in [0.2, 0.25) is 5.02 Å². The molecule has 0 aliphatic rings. The van der Waals surface area contributed by atoms with Crippen molar-refractivity contribution in [3.8, 4) is 11.4 Å². The van der Waals surface area contributed by atoms with Crippen LogP contribution in [0.3, 0.4) is 0 Å². The zero-order chi connectivity index (χ0) is 13.4. The molecule has 0 N–H and O–H groups in total. The van der Waals surface area contributed by atoms with Crippen molar-refractivity contribution in [2.24, 2.45) is 4.99 Å². The molecule has 0 saturated carbocycles. The fourth-order valence-corrected chi connectivity index (χ4v) is 2.27. The Morgan fingerprint density at radius 1 is 1.26 bits per heavy atom. The maximum atomic E-state index is 6.14. The number of imidazole rings is 1. The quantitative estimate of drug-likeness (QED) is 0.673. The molecule has 3 rings (SSSR count). The van der Waals surface area contributed by atoms with Crippen molar-refractivity contribution in [2.75, 3.05) is 0 Å². The normalized spacial score (nSPS) is 10.8. The number of aliphatic imine (C=N–C) groups is 1. The number of aromatic nitrogens is 4. The molecule has 0 radical (unpaired) electrons. The fourth-order valence-electron chi connectivity index (χ4n) is 1.74. The molecular formula is C12H7BrClN5. The van der Waals surface area contributed by atoms with Crippen LogP contribution < -0.4 is 0 Å². The van der Waals surface area contributed by atoms with E-state index in [0.717, 1.165) is 15.8 Å². The Balaban J connectivity index is 2.29. The molecule has 94 valence electrons. The van der Waals surface area contributed by atoms with Crippen molar-refractivity contribution < 1.29 is 0 Å². The van der Waals surface area contributed by atoms with E-state index in [1.54, 1.807) is 6.20 Å². The van der Waals surface area contributed by atoms with Crippen LogP contribution in [0.1, 0.15) is 0 Å². The van der Waals surface area contributed by atoms with Crippen molar-refractivity contribution in [1.29, 1.82) is 0 Å². The lowest BCUT2D eigenvalue weighted by Crippen LogP contribution is -1.93. The summed E-state index contributed by atoms with van der Waals surface area (Å²) in [4.78, 5) is 16.2. The van der Waals surface area contributed by atoms with Crippen molar-refractivity contribution in [2.45, 2.75) is 0 Å². The highest BCUT2D eigenvalue weighted by Crippen LogP contribution is 2.28. The van der Waals surface area contributed by atoms with E-state index in [2.05, 4.69) is 42.6 Å². The summed E-state index contributed by atoms with van der Waals surface area (Å²) >= 11 is 9.57. The zero-order valence-electron chi connectivity index (χ0n) is 9.59. The smallest absolute Gasteiger partial charge is 0.249 e. The van der Waals surface area contributed by atoms with Gasteiger partial charge in [0.15, 0.2) is 0 Å². The molecule has 0 atom stereocenters. The summed E-state index contributed by atoms with van der Waals surface area (Å²) in [5.74, 6) is 0.282. The molecule has 0 fully saturated rings. The number of rotatable bonds is 2. The third-order valence-electron chi connectivity index (χ3n) is 2.58. The van der Waals surface area contributed by atoms with Gasteiger partial charge in [-0.1, -0.05) is 11.6 Å². The van der Waals surface area contributed by atoms with Crippen LogP contribution in [0.5, 0.6) is 0 Å². The minimum absolute atomic E-state index is 0.282. The van der Waals surface area contributed by atoms with E-state index < -0.39 is 0 Å². The van der Waals surface area contributed by atoms with Crippen molar-refractivity contribution >= 4 is 45.8 Å². The maximum Gasteiger partial charge on any atom is 0.249 e. The van der Waals surface area contributed by atoms with Gasteiger partial charge in [-0.2, -0.15) is 0 Å². The van der Waals surface area contributed by atoms with Gasteiger partial charge in [-0.05, 0) is 34.8 Å². The molecule has 0 aliphatic carbocycles. The highest BCUT2D eigenvalue weighted by atomic mass is 79.9. The number of hydrogen-bond acceptors (Lipinski definition) is 4. The van der Waals surface area contributed by atoms with Crippen LogP contribution in [0.4, 0.5) is 5.95 Å². The Labute approximate surface area is 122 Å². The van der Waals surface area contributed by atoms with E-state index in [1.807, 2.05) is 22.7 Å². The van der Waals surface area contributed by atoms with Crippen LogP contribution in [-0.4, -0.2) is 26.1 Å². The summed E-state index contributed by atoms with van der Waals surface area (Å²) in [5, 5.41) is 0.439. The summed E-state index contributed by atoms with van der Waals surface area (Å²) in [6, 6.07) is 3.82. The third kappa shape index (κ3) is 2.13. The third-order valence-corrected chi connectivity index (χ3v) is 3.33. The van der Waals surface area contributed by atoms with Crippen molar-refractivity contribution in [3.63, 3.8) is 0 Å². The highest BCUT2D eigenvalue weighted by Gasteiger charge is 2.12. The Kier molecular flexibility index (Phi) is 3.04. The summed E-state index contributed by atoms with van der Waals surface area (Å²) in [7, 11) is 0. The summed E-state index contributed by atoms with van der Waals surface area (Å²) < 4.78 is 2.83. The Hall–Kier alpha value is -1.79. The van der Waals surface area contributed by atoms with Gasteiger partial charge in [0.25, 0.3) is 0 Å². The van der Waals surface area contributed by atoms with E-state index in [-0.39, 0.29) is 5.95 Å². The van der Waals surface area contributed by atoms with Gasteiger partial charge in [-0.3, -0.25) is 4.40 Å². The number of hydrogen-bond donors (Lipinski definition) is 0. The number of halogens is 2. The molecule has 3 heterocycles. The first-order chi connectivity index (χ1) is 9.19. The molecule has 0 amide bonds. The van der Waals surface area contributed by atoms with Gasteiger partial charge in [0.1, 0.15) is 11.3 Å².